The van der Waals surface area contributed by atoms with Gasteiger partial charge in [-0.15, -0.1) is 0 Å². The van der Waals surface area contributed by atoms with E-state index in [9.17, 15) is 0 Å². The van der Waals surface area contributed by atoms with Crippen LogP contribution in [-0.4, -0.2) is 42.3 Å². The Morgan fingerprint density at radius 1 is 1.12 bits per heavy atom. The van der Waals surface area contributed by atoms with Crippen molar-refractivity contribution in [2.24, 2.45) is 5.10 Å². The monoisotopic (exact) mass is 353 g/mol. The Kier molecular flexibility index (Phi) is 4.95. The van der Waals surface area contributed by atoms with Crippen molar-refractivity contribution in [1.82, 2.24) is 14.9 Å². The number of H-pyrrole nitrogens is 1. The van der Waals surface area contributed by atoms with E-state index in [-0.39, 0.29) is 0 Å². The van der Waals surface area contributed by atoms with Gasteiger partial charge >= 0.3 is 0 Å². The van der Waals surface area contributed by atoms with Gasteiger partial charge in [-0.05, 0) is 54.2 Å². The number of anilines is 1. The summed E-state index contributed by atoms with van der Waals surface area (Å²) in [6.45, 7) is 0. The summed E-state index contributed by atoms with van der Waals surface area (Å²) >= 11 is 5.29. The number of ether oxygens (including phenoxy) is 1. The second kappa shape index (κ2) is 7.31. The summed E-state index contributed by atoms with van der Waals surface area (Å²) in [4.78, 5) is 2.05. The second-order valence-electron chi connectivity index (χ2n) is 5.62. The van der Waals surface area contributed by atoms with Crippen molar-refractivity contribution < 1.29 is 4.74 Å². The van der Waals surface area contributed by atoms with Gasteiger partial charge in [0, 0.05) is 25.3 Å². The van der Waals surface area contributed by atoms with Gasteiger partial charge in [-0.2, -0.15) is 14.9 Å². The Morgan fingerprint density at radius 3 is 2.40 bits per heavy atom. The summed E-state index contributed by atoms with van der Waals surface area (Å²) in [6, 6.07) is 15.7. The molecule has 0 amide bonds. The molecule has 25 heavy (non-hydrogen) atoms. The number of nitrogens with zero attached hydrogens (tertiary/aromatic N) is 4. The maximum absolute atomic E-state index is 5.29. The van der Waals surface area contributed by atoms with Gasteiger partial charge in [-0.3, -0.25) is 0 Å². The van der Waals surface area contributed by atoms with Crippen molar-refractivity contribution in [3.63, 3.8) is 0 Å². The van der Waals surface area contributed by atoms with E-state index in [4.69, 9.17) is 17.0 Å². The molecule has 0 unspecified atom stereocenters. The van der Waals surface area contributed by atoms with Gasteiger partial charge in [0.05, 0.1) is 13.3 Å². The summed E-state index contributed by atoms with van der Waals surface area (Å²) in [6.07, 6.45) is 1.76. The number of methoxy groups -OCH3 is 1. The average molecular weight is 353 g/mol. The van der Waals surface area contributed by atoms with Crippen LogP contribution in [0.2, 0.25) is 0 Å². The van der Waals surface area contributed by atoms with Crippen LogP contribution < -0.4 is 9.64 Å². The minimum absolute atomic E-state index is 0.437. The smallest absolute Gasteiger partial charge is 0.216 e. The molecule has 0 fully saturated rings. The predicted molar refractivity (Wildman–Crippen MR) is 103 cm³/mol. The largest absolute Gasteiger partial charge is 0.497 e. The fourth-order valence-corrected chi connectivity index (χ4v) is 2.49. The van der Waals surface area contributed by atoms with E-state index in [0.29, 0.717) is 10.6 Å². The Labute approximate surface area is 151 Å². The van der Waals surface area contributed by atoms with Gasteiger partial charge in [-0.1, -0.05) is 12.1 Å². The normalized spacial score (nSPS) is 11.0. The molecule has 1 N–H and O–H groups in total. The molecule has 1 heterocycles. The lowest BCUT2D eigenvalue weighted by atomic mass is 10.2. The topological polar surface area (TPSA) is 58.4 Å². The fourth-order valence-electron chi connectivity index (χ4n) is 2.31. The van der Waals surface area contributed by atoms with E-state index >= 15 is 0 Å². The third kappa shape index (κ3) is 3.77. The molecule has 0 saturated carbocycles. The fraction of sp³-hybridized carbons (Fsp3) is 0.167. The third-order valence-corrected chi connectivity index (χ3v) is 3.99. The lowest BCUT2D eigenvalue weighted by Gasteiger charge is -2.11. The molecule has 6 nitrogen and oxygen atoms in total. The molecule has 0 spiro atoms. The Morgan fingerprint density at radius 2 is 1.80 bits per heavy atom. The van der Waals surface area contributed by atoms with Crippen molar-refractivity contribution in [3.05, 3.63) is 58.9 Å². The average Bonchev–Trinajstić information content (AvgIpc) is 3.01. The summed E-state index contributed by atoms with van der Waals surface area (Å²) < 4.78 is 7.23. The lowest BCUT2D eigenvalue weighted by molar-refractivity contribution is 0.415. The quantitative estimate of drug-likeness (QED) is 0.563. The van der Waals surface area contributed by atoms with E-state index in [1.807, 2.05) is 62.6 Å². The van der Waals surface area contributed by atoms with Crippen LogP contribution in [0.5, 0.6) is 5.75 Å². The number of aromatic nitrogens is 3. The molecule has 0 aliphatic carbocycles. The summed E-state index contributed by atoms with van der Waals surface area (Å²) in [5.41, 5.74) is 3.01. The van der Waals surface area contributed by atoms with E-state index in [2.05, 4.69) is 20.2 Å². The van der Waals surface area contributed by atoms with Crippen LogP contribution in [0, 0.1) is 4.77 Å². The van der Waals surface area contributed by atoms with Crippen LogP contribution in [0.25, 0.3) is 11.4 Å². The molecule has 3 aromatic rings. The lowest BCUT2D eigenvalue weighted by Crippen LogP contribution is -2.08. The van der Waals surface area contributed by atoms with E-state index in [1.165, 1.54) is 0 Å². The van der Waals surface area contributed by atoms with Crippen LogP contribution >= 0.6 is 12.2 Å². The highest BCUT2D eigenvalue weighted by Gasteiger charge is 2.08. The number of benzene rings is 2. The van der Waals surface area contributed by atoms with Crippen molar-refractivity contribution in [1.29, 1.82) is 0 Å². The SMILES string of the molecule is COc1ccc(-c2n[nH]c(=S)n2N=Cc2ccc(N(C)C)cc2)cc1. The summed E-state index contributed by atoms with van der Waals surface area (Å²) in [5.74, 6) is 1.43. The zero-order valence-corrected chi connectivity index (χ0v) is 15.1. The van der Waals surface area contributed by atoms with Gasteiger partial charge < -0.3 is 9.64 Å². The van der Waals surface area contributed by atoms with Gasteiger partial charge in [0.2, 0.25) is 4.77 Å². The second-order valence-corrected chi connectivity index (χ2v) is 6.01. The van der Waals surface area contributed by atoms with Crippen LogP contribution in [0.4, 0.5) is 5.69 Å². The maximum atomic E-state index is 5.29. The first-order valence-electron chi connectivity index (χ1n) is 7.72. The van der Waals surface area contributed by atoms with E-state index < -0.39 is 0 Å². The molecule has 0 bridgehead atoms. The van der Waals surface area contributed by atoms with Crippen LogP contribution in [0.3, 0.4) is 0 Å². The predicted octanol–water partition coefficient (Wildman–Crippen LogP) is 3.56. The first kappa shape index (κ1) is 16.9. The molecule has 0 saturated heterocycles. The van der Waals surface area contributed by atoms with Gasteiger partial charge in [0.25, 0.3) is 0 Å². The maximum Gasteiger partial charge on any atom is 0.216 e. The minimum Gasteiger partial charge on any atom is -0.497 e. The molecule has 128 valence electrons. The number of nitrogens with one attached hydrogen (secondary N) is 1. The van der Waals surface area contributed by atoms with Gasteiger partial charge in [0.1, 0.15) is 5.75 Å². The minimum atomic E-state index is 0.437. The number of aromatic amines is 1. The highest BCUT2D eigenvalue weighted by Crippen LogP contribution is 2.21. The van der Waals surface area contributed by atoms with Crippen molar-refractivity contribution >= 4 is 24.1 Å². The molecule has 0 radical (unpaired) electrons. The van der Waals surface area contributed by atoms with E-state index in [0.717, 1.165) is 22.6 Å². The molecule has 3 rings (SSSR count). The van der Waals surface area contributed by atoms with Crippen molar-refractivity contribution in [2.45, 2.75) is 0 Å². The highest BCUT2D eigenvalue weighted by molar-refractivity contribution is 7.71. The highest BCUT2D eigenvalue weighted by atomic mass is 32.1. The Bertz CT molecular complexity index is 923. The summed E-state index contributed by atoms with van der Waals surface area (Å²) in [5, 5.41) is 11.5. The van der Waals surface area contributed by atoms with Crippen molar-refractivity contribution in [3.8, 4) is 17.1 Å². The molecular weight excluding hydrogens is 334 g/mol. The Balaban J connectivity index is 1.89. The van der Waals surface area contributed by atoms with Gasteiger partial charge in [-0.25, -0.2) is 5.10 Å². The molecule has 0 aliphatic rings. The molecule has 0 atom stereocenters. The number of hydrogen-bond donors (Lipinski definition) is 1. The van der Waals surface area contributed by atoms with Crippen LogP contribution in [0.15, 0.2) is 53.6 Å². The number of rotatable bonds is 5. The summed E-state index contributed by atoms with van der Waals surface area (Å²) in [7, 11) is 5.65. The first-order chi connectivity index (χ1) is 12.1. The first-order valence-corrected chi connectivity index (χ1v) is 8.13. The zero-order valence-electron chi connectivity index (χ0n) is 14.3. The van der Waals surface area contributed by atoms with Gasteiger partial charge in [0.15, 0.2) is 5.82 Å². The van der Waals surface area contributed by atoms with Crippen LogP contribution in [0.1, 0.15) is 5.56 Å². The Hall–Kier alpha value is -2.93. The number of hydrogen-bond acceptors (Lipinski definition) is 5. The standard InChI is InChI=1S/C18H19N5OS/c1-22(2)15-8-4-13(5-9-15)12-19-23-17(20-21-18(23)25)14-6-10-16(24-3)11-7-14/h4-12H,1-3H3,(H,21,25). The third-order valence-electron chi connectivity index (χ3n) is 3.73. The van der Waals surface area contributed by atoms with Crippen LogP contribution in [-0.2, 0) is 0 Å². The molecule has 0 aliphatic heterocycles. The molecule has 7 heteroatoms. The molecule has 2 aromatic carbocycles. The van der Waals surface area contributed by atoms with E-state index in [1.54, 1.807) is 18.0 Å². The zero-order chi connectivity index (χ0) is 17.8. The van der Waals surface area contributed by atoms with Crippen molar-refractivity contribution in [2.75, 3.05) is 26.1 Å². The molecular formula is C18H19N5OS. The molecule has 1 aromatic heterocycles.